The van der Waals surface area contributed by atoms with E-state index in [9.17, 15) is 9.59 Å². The molecule has 0 aromatic carbocycles. The molecule has 2 rings (SSSR count). The molecule has 0 saturated heterocycles. The number of ether oxygens (including phenoxy) is 2. The standard InChI is InChI=1S/C13H15N3O4/c1-4-14-13-15-10(7(2)3)11-12(16-13)20-9(18)6-5-8(17)19-11/h5-7H,4H2,1-3H3,(H,14,15,16)/b6-5-. The second-order valence-electron chi connectivity index (χ2n) is 4.43. The Bertz CT molecular complexity index is 581. The molecule has 1 N–H and O–H groups in total. The smallest absolute Gasteiger partial charge is 0.337 e. The van der Waals surface area contributed by atoms with Crippen LogP contribution in [0.25, 0.3) is 0 Å². The maximum atomic E-state index is 11.5. The molecule has 0 amide bonds. The Labute approximate surface area is 116 Å². The largest absolute Gasteiger partial charge is 0.416 e. The summed E-state index contributed by atoms with van der Waals surface area (Å²) in [6.07, 6.45) is 2.00. The van der Waals surface area contributed by atoms with Gasteiger partial charge in [0.1, 0.15) is 0 Å². The predicted octanol–water partition coefficient (Wildman–Crippen LogP) is 1.41. The molecule has 1 aliphatic heterocycles. The van der Waals surface area contributed by atoms with Crippen LogP contribution in [0.4, 0.5) is 5.95 Å². The number of esters is 2. The van der Waals surface area contributed by atoms with Crippen LogP contribution in [-0.4, -0.2) is 28.5 Å². The Morgan fingerprint density at radius 3 is 2.40 bits per heavy atom. The molecule has 2 heterocycles. The summed E-state index contributed by atoms with van der Waals surface area (Å²) in [5, 5.41) is 2.94. The van der Waals surface area contributed by atoms with Gasteiger partial charge in [-0.15, -0.1) is 0 Å². The Balaban J connectivity index is 2.56. The van der Waals surface area contributed by atoms with E-state index in [1.165, 1.54) is 0 Å². The number of hydrogen-bond donors (Lipinski definition) is 1. The third-order valence-corrected chi connectivity index (χ3v) is 2.50. The van der Waals surface area contributed by atoms with Crippen LogP contribution in [0.1, 0.15) is 32.4 Å². The van der Waals surface area contributed by atoms with Gasteiger partial charge in [0, 0.05) is 18.7 Å². The predicted molar refractivity (Wildman–Crippen MR) is 70.7 cm³/mol. The molecule has 1 aliphatic rings. The average Bonchev–Trinajstić information content (AvgIpc) is 2.37. The fourth-order valence-corrected chi connectivity index (χ4v) is 1.64. The van der Waals surface area contributed by atoms with E-state index in [-0.39, 0.29) is 17.5 Å². The zero-order chi connectivity index (χ0) is 14.7. The molecule has 0 fully saturated rings. The van der Waals surface area contributed by atoms with Crippen molar-refractivity contribution in [3.05, 3.63) is 17.8 Å². The van der Waals surface area contributed by atoms with Crippen molar-refractivity contribution >= 4 is 17.9 Å². The van der Waals surface area contributed by atoms with E-state index in [4.69, 9.17) is 9.47 Å². The summed E-state index contributed by atoms with van der Waals surface area (Å²) >= 11 is 0. The van der Waals surface area contributed by atoms with Crippen molar-refractivity contribution in [1.82, 2.24) is 9.97 Å². The molecule has 0 saturated carbocycles. The van der Waals surface area contributed by atoms with Crippen LogP contribution in [0.2, 0.25) is 0 Å². The van der Waals surface area contributed by atoms with Crippen LogP contribution in [-0.2, 0) is 9.59 Å². The lowest BCUT2D eigenvalue weighted by Gasteiger charge is -2.16. The number of rotatable bonds is 3. The second kappa shape index (κ2) is 5.68. The zero-order valence-corrected chi connectivity index (χ0v) is 11.5. The molecular formula is C13H15N3O4. The Morgan fingerprint density at radius 1 is 1.15 bits per heavy atom. The van der Waals surface area contributed by atoms with Gasteiger partial charge < -0.3 is 14.8 Å². The number of fused-ring (bicyclic) bond motifs is 1. The van der Waals surface area contributed by atoms with Crippen molar-refractivity contribution < 1.29 is 19.1 Å². The lowest BCUT2D eigenvalue weighted by Crippen LogP contribution is -2.18. The van der Waals surface area contributed by atoms with E-state index in [0.29, 0.717) is 18.2 Å². The van der Waals surface area contributed by atoms with Crippen molar-refractivity contribution in [3.8, 4) is 11.6 Å². The lowest BCUT2D eigenvalue weighted by atomic mass is 10.1. The van der Waals surface area contributed by atoms with Crippen LogP contribution >= 0.6 is 0 Å². The molecule has 0 radical (unpaired) electrons. The first-order valence-corrected chi connectivity index (χ1v) is 6.28. The number of carbonyl (C=O) groups excluding carboxylic acids is 2. The number of carbonyl (C=O) groups is 2. The van der Waals surface area contributed by atoms with Gasteiger partial charge in [0.2, 0.25) is 11.7 Å². The average molecular weight is 277 g/mol. The zero-order valence-electron chi connectivity index (χ0n) is 11.5. The third kappa shape index (κ3) is 2.93. The van der Waals surface area contributed by atoms with E-state index in [0.717, 1.165) is 12.2 Å². The van der Waals surface area contributed by atoms with Crippen molar-refractivity contribution in [2.75, 3.05) is 11.9 Å². The summed E-state index contributed by atoms with van der Waals surface area (Å²) in [6.45, 7) is 6.29. The number of nitrogens with one attached hydrogen (secondary N) is 1. The molecule has 1 aromatic rings. The normalized spacial score (nSPS) is 15.8. The van der Waals surface area contributed by atoms with Gasteiger partial charge in [-0.3, -0.25) is 0 Å². The van der Waals surface area contributed by atoms with Gasteiger partial charge in [-0.1, -0.05) is 13.8 Å². The summed E-state index contributed by atoms with van der Waals surface area (Å²) in [5.41, 5.74) is 0.502. The topological polar surface area (TPSA) is 90.4 Å². The minimum absolute atomic E-state index is 0.0286. The van der Waals surface area contributed by atoms with Gasteiger partial charge in [0.15, 0.2) is 0 Å². The highest BCUT2D eigenvalue weighted by Gasteiger charge is 2.24. The van der Waals surface area contributed by atoms with E-state index in [1.807, 2.05) is 20.8 Å². The summed E-state index contributed by atoms with van der Waals surface area (Å²) in [6, 6.07) is 0. The molecular weight excluding hydrogens is 262 g/mol. The first-order chi connectivity index (χ1) is 9.51. The van der Waals surface area contributed by atoms with Gasteiger partial charge in [-0.05, 0) is 12.8 Å². The molecule has 7 heteroatoms. The Morgan fingerprint density at radius 2 is 1.80 bits per heavy atom. The van der Waals surface area contributed by atoms with Gasteiger partial charge in [0.05, 0.1) is 5.69 Å². The summed E-state index contributed by atoms with van der Waals surface area (Å²) in [4.78, 5) is 31.4. The highest BCUT2D eigenvalue weighted by atomic mass is 16.6. The molecule has 0 bridgehead atoms. The molecule has 0 atom stereocenters. The van der Waals surface area contributed by atoms with Crippen LogP contribution in [0.15, 0.2) is 12.2 Å². The summed E-state index contributed by atoms with van der Waals surface area (Å²) in [7, 11) is 0. The van der Waals surface area contributed by atoms with Gasteiger partial charge in [0.25, 0.3) is 5.88 Å². The van der Waals surface area contributed by atoms with Crippen molar-refractivity contribution in [2.45, 2.75) is 26.7 Å². The number of aromatic nitrogens is 2. The minimum Gasteiger partial charge on any atom is -0.416 e. The quantitative estimate of drug-likeness (QED) is 0.835. The van der Waals surface area contributed by atoms with E-state index in [1.54, 1.807) is 0 Å². The monoisotopic (exact) mass is 277 g/mol. The molecule has 0 aliphatic carbocycles. The highest BCUT2D eigenvalue weighted by Crippen LogP contribution is 2.35. The maximum absolute atomic E-state index is 11.5. The second-order valence-corrected chi connectivity index (χ2v) is 4.43. The van der Waals surface area contributed by atoms with Crippen molar-refractivity contribution in [2.24, 2.45) is 0 Å². The number of anilines is 1. The highest BCUT2D eigenvalue weighted by molar-refractivity contribution is 5.95. The van der Waals surface area contributed by atoms with Gasteiger partial charge in [-0.2, -0.15) is 4.98 Å². The first kappa shape index (κ1) is 14.0. The molecule has 7 nitrogen and oxygen atoms in total. The van der Waals surface area contributed by atoms with Crippen molar-refractivity contribution in [3.63, 3.8) is 0 Å². The van der Waals surface area contributed by atoms with E-state index >= 15 is 0 Å². The third-order valence-electron chi connectivity index (χ3n) is 2.50. The Hall–Kier alpha value is -2.44. The molecule has 0 unspecified atom stereocenters. The molecule has 106 valence electrons. The number of hydrogen-bond acceptors (Lipinski definition) is 7. The fraction of sp³-hybridized carbons (Fsp3) is 0.385. The van der Waals surface area contributed by atoms with Crippen LogP contribution in [0, 0.1) is 0 Å². The van der Waals surface area contributed by atoms with Crippen LogP contribution in [0.3, 0.4) is 0 Å². The first-order valence-electron chi connectivity index (χ1n) is 6.28. The SMILES string of the molecule is CCNc1nc2c(c(C(C)C)n1)OC(=O)/C=C\C(=O)O2. The molecule has 1 aromatic heterocycles. The molecule has 0 spiro atoms. The minimum atomic E-state index is -0.682. The van der Waals surface area contributed by atoms with E-state index < -0.39 is 11.9 Å². The van der Waals surface area contributed by atoms with E-state index in [2.05, 4.69) is 15.3 Å². The van der Waals surface area contributed by atoms with Crippen molar-refractivity contribution in [1.29, 1.82) is 0 Å². The van der Waals surface area contributed by atoms with Crippen LogP contribution < -0.4 is 14.8 Å². The summed E-state index contributed by atoms with van der Waals surface area (Å²) in [5.74, 6) is -1.02. The summed E-state index contributed by atoms with van der Waals surface area (Å²) < 4.78 is 10.2. The lowest BCUT2D eigenvalue weighted by molar-refractivity contribution is -0.133. The Kier molecular flexibility index (Phi) is 3.97. The van der Waals surface area contributed by atoms with Gasteiger partial charge >= 0.3 is 11.9 Å². The molecule has 20 heavy (non-hydrogen) atoms. The van der Waals surface area contributed by atoms with Crippen LogP contribution in [0.5, 0.6) is 11.6 Å². The fourth-order valence-electron chi connectivity index (χ4n) is 1.64. The van der Waals surface area contributed by atoms with Gasteiger partial charge in [-0.25, -0.2) is 14.6 Å². The number of nitrogens with zero attached hydrogens (tertiary/aromatic N) is 2. The maximum Gasteiger partial charge on any atom is 0.337 e.